The lowest BCUT2D eigenvalue weighted by Crippen LogP contribution is -2.11. The van der Waals surface area contributed by atoms with Crippen molar-refractivity contribution in [1.29, 1.82) is 0 Å². The fourth-order valence-corrected chi connectivity index (χ4v) is 1.63. The molecule has 0 fully saturated rings. The zero-order chi connectivity index (χ0) is 14.4. The van der Waals surface area contributed by atoms with Gasteiger partial charge in [0.15, 0.2) is 11.6 Å². The largest absolute Gasteiger partial charge is 0.491 e. The first-order valence-electron chi connectivity index (χ1n) is 6.40. The summed E-state index contributed by atoms with van der Waals surface area (Å²) in [6.45, 7) is 2.44. The molecule has 3 nitrogen and oxygen atoms in total. The lowest BCUT2D eigenvalue weighted by atomic mass is 9.89. The Hall–Kier alpha value is -2.01. The first-order chi connectivity index (χ1) is 9.72. The maximum absolute atomic E-state index is 13.8. The highest BCUT2D eigenvalue weighted by Gasteiger charge is 2.06. The molecule has 1 radical (unpaired) electrons. The molecule has 0 aliphatic carbocycles. The number of hydrogen-bond acceptors (Lipinski definition) is 3. The molecule has 0 bridgehead atoms. The van der Waals surface area contributed by atoms with Crippen LogP contribution in [0.2, 0.25) is 0 Å². The van der Waals surface area contributed by atoms with Crippen molar-refractivity contribution >= 4 is 12.9 Å². The van der Waals surface area contributed by atoms with Gasteiger partial charge in [-0.05, 0) is 30.7 Å². The van der Waals surface area contributed by atoms with Gasteiger partial charge in [-0.25, -0.2) is 4.39 Å². The van der Waals surface area contributed by atoms with E-state index in [4.69, 9.17) is 14.5 Å². The Labute approximate surface area is 118 Å². The maximum atomic E-state index is 13.8. The number of hydrogen-bond donors (Lipinski definition) is 1. The summed E-state index contributed by atoms with van der Waals surface area (Å²) in [6.07, 6.45) is 0.825. The topological polar surface area (TPSA) is 38.7 Å². The molecule has 0 aliphatic heterocycles. The van der Waals surface area contributed by atoms with Crippen molar-refractivity contribution in [1.82, 2.24) is 0 Å². The standard InChI is InChI=1S/C15H15BFO3/c1-2-9-19-15-8-7-13(10-14(15)17)20-12-5-3-11(16-18)4-6-12/h3-8,10,18H,2,9H2,1H3. The van der Waals surface area contributed by atoms with Gasteiger partial charge < -0.3 is 14.5 Å². The molecule has 0 aromatic heterocycles. The van der Waals surface area contributed by atoms with E-state index in [1.165, 1.54) is 6.07 Å². The molecule has 0 saturated heterocycles. The first kappa shape index (κ1) is 14.4. The van der Waals surface area contributed by atoms with Gasteiger partial charge in [-0.1, -0.05) is 24.5 Å². The van der Waals surface area contributed by atoms with Crippen molar-refractivity contribution in [3.05, 3.63) is 48.3 Å². The summed E-state index contributed by atoms with van der Waals surface area (Å²) in [4.78, 5) is 0. The molecule has 0 amide bonds. The van der Waals surface area contributed by atoms with Crippen molar-refractivity contribution in [2.75, 3.05) is 6.61 Å². The van der Waals surface area contributed by atoms with Crippen LogP contribution in [0.3, 0.4) is 0 Å². The third kappa shape index (κ3) is 3.74. The lowest BCUT2D eigenvalue weighted by Gasteiger charge is -2.09. The second-order valence-electron chi connectivity index (χ2n) is 4.24. The van der Waals surface area contributed by atoms with Crippen molar-refractivity contribution in [2.24, 2.45) is 0 Å². The lowest BCUT2D eigenvalue weighted by molar-refractivity contribution is 0.300. The van der Waals surface area contributed by atoms with Crippen molar-refractivity contribution in [3.63, 3.8) is 0 Å². The van der Waals surface area contributed by atoms with Crippen LogP contribution < -0.4 is 14.9 Å². The van der Waals surface area contributed by atoms with Crippen LogP contribution in [0.15, 0.2) is 42.5 Å². The van der Waals surface area contributed by atoms with Gasteiger partial charge in [0.2, 0.25) is 0 Å². The molecule has 0 atom stereocenters. The number of halogens is 1. The fraction of sp³-hybridized carbons (Fsp3) is 0.200. The van der Waals surface area contributed by atoms with Crippen LogP contribution in [0, 0.1) is 5.82 Å². The molecule has 0 spiro atoms. The molecule has 0 aliphatic rings. The van der Waals surface area contributed by atoms with Crippen molar-refractivity contribution in [3.8, 4) is 17.2 Å². The Kier molecular flexibility index (Phi) is 5.01. The van der Waals surface area contributed by atoms with Crippen LogP contribution in [-0.4, -0.2) is 19.1 Å². The van der Waals surface area contributed by atoms with E-state index in [1.54, 1.807) is 36.4 Å². The van der Waals surface area contributed by atoms with Crippen LogP contribution in [0.1, 0.15) is 13.3 Å². The highest BCUT2D eigenvalue weighted by Crippen LogP contribution is 2.26. The van der Waals surface area contributed by atoms with Crippen LogP contribution in [0.25, 0.3) is 0 Å². The second kappa shape index (κ2) is 6.96. The summed E-state index contributed by atoms with van der Waals surface area (Å²) in [5.74, 6) is 0.741. The predicted molar refractivity (Wildman–Crippen MR) is 76.3 cm³/mol. The van der Waals surface area contributed by atoms with E-state index in [0.717, 1.165) is 13.9 Å². The molecule has 0 heterocycles. The van der Waals surface area contributed by atoms with Gasteiger partial charge >= 0.3 is 7.48 Å². The smallest absolute Gasteiger partial charge is 0.326 e. The zero-order valence-electron chi connectivity index (χ0n) is 11.2. The second-order valence-corrected chi connectivity index (χ2v) is 4.24. The summed E-state index contributed by atoms with van der Waals surface area (Å²) in [7, 11) is 1.00. The minimum Gasteiger partial charge on any atom is -0.491 e. The minimum atomic E-state index is -0.448. The Balaban J connectivity index is 2.07. The predicted octanol–water partition coefficient (Wildman–Crippen LogP) is 2.64. The van der Waals surface area contributed by atoms with Crippen molar-refractivity contribution < 1.29 is 18.9 Å². The van der Waals surface area contributed by atoms with E-state index in [0.29, 0.717) is 23.6 Å². The summed E-state index contributed by atoms with van der Waals surface area (Å²) >= 11 is 0. The molecule has 1 N–H and O–H groups in total. The molecule has 5 heteroatoms. The maximum Gasteiger partial charge on any atom is 0.326 e. The van der Waals surface area contributed by atoms with Gasteiger partial charge in [0.05, 0.1) is 6.61 Å². The zero-order valence-corrected chi connectivity index (χ0v) is 11.2. The van der Waals surface area contributed by atoms with E-state index in [9.17, 15) is 4.39 Å². The summed E-state index contributed by atoms with van der Waals surface area (Å²) in [5, 5.41) is 8.83. The Morgan fingerprint density at radius 2 is 1.80 bits per heavy atom. The Morgan fingerprint density at radius 1 is 1.10 bits per heavy atom. The van der Waals surface area contributed by atoms with Gasteiger partial charge in [0.25, 0.3) is 0 Å². The Bertz CT molecular complexity index is 558. The third-order valence-corrected chi connectivity index (χ3v) is 2.63. The van der Waals surface area contributed by atoms with Gasteiger partial charge in [0.1, 0.15) is 11.5 Å². The van der Waals surface area contributed by atoms with Gasteiger partial charge in [0, 0.05) is 6.07 Å². The first-order valence-corrected chi connectivity index (χ1v) is 6.40. The molecule has 103 valence electrons. The molecule has 2 rings (SSSR count). The van der Waals surface area contributed by atoms with Gasteiger partial charge in [-0.2, -0.15) is 0 Å². The van der Waals surface area contributed by atoms with E-state index >= 15 is 0 Å². The number of ether oxygens (including phenoxy) is 2. The van der Waals surface area contributed by atoms with Crippen LogP contribution in [0.5, 0.6) is 17.2 Å². The summed E-state index contributed by atoms with van der Waals surface area (Å²) < 4.78 is 24.5. The SMILES string of the molecule is CCCOc1ccc(Oc2ccc([B]O)cc2)cc1F. The quantitative estimate of drug-likeness (QED) is 0.822. The highest BCUT2D eigenvalue weighted by atomic mass is 19.1. The summed E-state index contributed by atoms with van der Waals surface area (Å²) in [6, 6.07) is 11.3. The minimum absolute atomic E-state index is 0.226. The van der Waals surface area contributed by atoms with Gasteiger partial charge in [-0.3, -0.25) is 0 Å². The molecular weight excluding hydrogens is 258 g/mol. The van der Waals surface area contributed by atoms with E-state index in [-0.39, 0.29) is 5.75 Å². The molecule has 2 aromatic rings. The van der Waals surface area contributed by atoms with E-state index in [2.05, 4.69) is 0 Å². The van der Waals surface area contributed by atoms with Crippen LogP contribution in [-0.2, 0) is 0 Å². The molecule has 2 aromatic carbocycles. The molecular formula is C15H15BFO3. The average Bonchev–Trinajstić information content (AvgIpc) is 2.47. The average molecular weight is 273 g/mol. The molecule has 0 unspecified atom stereocenters. The summed E-state index contributed by atoms with van der Waals surface area (Å²) in [5.41, 5.74) is 0.673. The van der Waals surface area contributed by atoms with Gasteiger partial charge in [-0.15, -0.1) is 0 Å². The van der Waals surface area contributed by atoms with Crippen molar-refractivity contribution in [2.45, 2.75) is 13.3 Å². The number of rotatable bonds is 6. The monoisotopic (exact) mass is 273 g/mol. The van der Waals surface area contributed by atoms with Crippen LogP contribution in [0.4, 0.5) is 4.39 Å². The highest BCUT2D eigenvalue weighted by molar-refractivity contribution is 6.45. The molecule has 20 heavy (non-hydrogen) atoms. The normalized spacial score (nSPS) is 10.2. The van der Waals surface area contributed by atoms with E-state index in [1.807, 2.05) is 6.92 Å². The van der Waals surface area contributed by atoms with E-state index < -0.39 is 5.82 Å². The number of benzene rings is 2. The molecule has 0 saturated carbocycles. The fourth-order valence-electron chi connectivity index (χ4n) is 1.63. The Morgan fingerprint density at radius 3 is 2.40 bits per heavy atom. The van der Waals surface area contributed by atoms with Crippen LogP contribution >= 0.6 is 0 Å². The third-order valence-electron chi connectivity index (χ3n) is 2.63.